The van der Waals surface area contributed by atoms with Gasteiger partial charge in [-0.05, 0) is 83.6 Å². The molecule has 0 saturated carbocycles. The summed E-state index contributed by atoms with van der Waals surface area (Å²) in [5, 5.41) is 24.1. The summed E-state index contributed by atoms with van der Waals surface area (Å²) in [7, 11) is -3.78. The topological polar surface area (TPSA) is 112 Å². The highest BCUT2D eigenvalue weighted by atomic mass is 32.2. The van der Waals surface area contributed by atoms with Crippen molar-refractivity contribution in [2.45, 2.75) is 23.8 Å². The second-order valence-corrected chi connectivity index (χ2v) is 11.4. The van der Waals surface area contributed by atoms with Gasteiger partial charge < -0.3 is 15.5 Å². The van der Waals surface area contributed by atoms with Gasteiger partial charge in [0.05, 0.1) is 5.52 Å². The lowest BCUT2D eigenvalue weighted by Gasteiger charge is -2.27. The van der Waals surface area contributed by atoms with Crippen LogP contribution in [0.3, 0.4) is 0 Å². The fourth-order valence-corrected chi connectivity index (χ4v) is 6.10. The number of nitrogens with one attached hydrogen (secondary N) is 2. The Balaban J connectivity index is 1.15. The second-order valence-electron chi connectivity index (χ2n) is 9.74. The van der Waals surface area contributed by atoms with E-state index in [4.69, 9.17) is 0 Å². The molecular formula is C31H27N3O4S. The first-order valence-corrected chi connectivity index (χ1v) is 14.2. The first kappa shape index (κ1) is 24.9. The quantitative estimate of drug-likeness (QED) is 0.212. The second kappa shape index (κ2) is 10.1. The van der Waals surface area contributed by atoms with Crippen molar-refractivity contribution in [2.75, 3.05) is 11.3 Å². The van der Waals surface area contributed by atoms with Crippen LogP contribution in [0.2, 0.25) is 0 Å². The molecule has 1 atom stereocenters. The summed E-state index contributed by atoms with van der Waals surface area (Å²) in [6.45, 7) is 0.813. The van der Waals surface area contributed by atoms with Crippen LogP contribution in [0.5, 0.6) is 11.5 Å². The number of pyridine rings is 1. The van der Waals surface area contributed by atoms with E-state index in [9.17, 15) is 18.6 Å². The van der Waals surface area contributed by atoms with Crippen molar-refractivity contribution in [2.24, 2.45) is 0 Å². The van der Waals surface area contributed by atoms with E-state index in [1.165, 1.54) is 6.20 Å². The fraction of sp³-hybridized carbons (Fsp3) is 0.129. The number of sulfonamides is 1. The number of anilines is 1. The maximum atomic E-state index is 12.9. The van der Waals surface area contributed by atoms with Crippen LogP contribution in [0, 0.1) is 0 Å². The van der Waals surface area contributed by atoms with Crippen molar-refractivity contribution >= 4 is 26.6 Å². The lowest BCUT2D eigenvalue weighted by Crippen LogP contribution is -2.31. The SMILES string of the molecule is O=S(=O)(Nc1ccc(-c2ccc(CC3NCCc4cc(O)c(O)cc43)cc2)cc1)c1cnc2ccccc2c1. The Bertz CT molecular complexity index is 1770. The minimum Gasteiger partial charge on any atom is -0.504 e. The summed E-state index contributed by atoms with van der Waals surface area (Å²) in [6.07, 6.45) is 2.93. The van der Waals surface area contributed by atoms with E-state index in [0.29, 0.717) is 5.69 Å². The number of benzene rings is 4. The van der Waals surface area contributed by atoms with Gasteiger partial charge in [-0.25, -0.2) is 8.42 Å². The molecule has 0 fully saturated rings. The highest BCUT2D eigenvalue weighted by molar-refractivity contribution is 7.92. The van der Waals surface area contributed by atoms with Gasteiger partial charge in [0, 0.05) is 23.3 Å². The van der Waals surface area contributed by atoms with E-state index in [1.54, 1.807) is 30.3 Å². The number of hydrogen-bond donors (Lipinski definition) is 4. The zero-order valence-electron chi connectivity index (χ0n) is 21.0. The number of phenols is 2. The van der Waals surface area contributed by atoms with Crippen molar-refractivity contribution < 1.29 is 18.6 Å². The third kappa shape index (κ3) is 5.16. The third-order valence-electron chi connectivity index (χ3n) is 7.14. The number of para-hydroxylation sites is 1. The number of nitrogens with zero attached hydrogens (tertiary/aromatic N) is 1. The molecule has 0 spiro atoms. The van der Waals surface area contributed by atoms with Crippen molar-refractivity contribution in [3.05, 3.63) is 114 Å². The first-order valence-electron chi connectivity index (χ1n) is 12.7. The number of hydrogen-bond acceptors (Lipinski definition) is 6. The van der Waals surface area contributed by atoms with Crippen LogP contribution in [-0.4, -0.2) is 30.2 Å². The minimum atomic E-state index is -3.78. The van der Waals surface area contributed by atoms with Gasteiger partial charge in [-0.15, -0.1) is 0 Å². The molecule has 4 aromatic carbocycles. The van der Waals surface area contributed by atoms with Gasteiger partial charge in [-0.3, -0.25) is 9.71 Å². The molecule has 7 nitrogen and oxygen atoms in total. The van der Waals surface area contributed by atoms with Crippen molar-refractivity contribution in [1.82, 2.24) is 10.3 Å². The van der Waals surface area contributed by atoms with Crippen molar-refractivity contribution in [1.29, 1.82) is 0 Å². The van der Waals surface area contributed by atoms with Crippen LogP contribution >= 0.6 is 0 Å². The Hall–Kier alpha value is -4.40. The monoisotopic (exact) mass is 537 g/mol. The van der Waals surface area contributed by atoms with Crippen LogP contribution in [0.4, 0.5) is 5.69 Å². The molecule has 1 aliphatic heterocycles. The molecule has 196 valence electrons. The van der Waals surface area contributed by atoms with E-state index < -0.39 is 10.0 Å². The van der Waals surface area contributed by atoms with E-state index in [2.05, 4.69) is 27.2 Å². The predicted molar refractivity (Wildman–Crippen MR) is 152 cm³/mol. The predicted octanol–water partition coefficient (Wildman–Crippen LogP) is 5.54. The molecule has 1 unspecified atom stereocenters. The molecule has 1 aliphatic rings. The fourth-order valence-electron chi connectivity index (χ4n) is 5.06. The molecule has 0 saturated heterocycles. The normalized spacial score (nSPS) is 15.1. The molecule has 39 heavy (non-hydrogen) atoms. The smallest absolute Gasteiger partial charge is 0.263 e. The standard InChI is InChI=1S/C31H27N3O4S/c35-30-17-23-13-14-32-29(27(23)18-31(30)36)15-20-5-7-21(8-6-20)22-9-11-25(12-10-22)34-39(37,38)26-16-24-3-1-2-4-28(24)33-19-26/h1-12,16-19,29,32,34-36H,13-15H2. The molecule has 0 amide bonds. The number of aromatic nitrogens is 1. The van der Waals surface area contributed by atoms with E-state index in [1.807, 2.05) is 48.5 Å². The lowest BCUT2D eigenvalue weighted by atomic mass is 9.89. The summed E-state index contributed by atoms with van der Waals surface area (Å²) in [5.41, 5.74) is 6.41. The summed E-state index contributed by atoms with van der Waals surface area (Å²) >= 11 is 0. The molecule has 4 N–H and O–H groups in total. The molecule has 5 aromatic rings. The van der Waals surface area contributed by atoms with E-state index in [0.717, 1.165) is 58.1 Å². The van der Waals surface area contributed by atoms with Crippen LogP contribution < -0.4 is 10.0 Å². The average molecular weight is 538 g/mol. The lowest BCUT2D eigenvalue weighted by molar-refractivity contribution is 0.398. The summed E-state index contributed by atoms with van der Waals surface area (Å²) < 4.78 is 28.5. The Morgan fingerprint density at radius 3 is 2.33 bits per heavy atom. The maximum Gasteiger partial charge on any atom is 0.263 e. The van der Waals surface area contributed by atoms with Crippen LogP contribution in [0.25, 0.3) is 22.0 Å². The Labute approximate surface area is 226 Å². The number of rotatable bonds is 6. The molecule has 0 radical (unpaired) electrons. The van der Waals surface area contributed by atoms with E-state index in [-0.39, 0.29) is 22.4 Å². The third-order valence-corrected chi connectivity index (χ3v) is 8.49. The van der Waals surface area contributed by atoms with E-state index >= 15 is 0 Å². The molecule has 0 aliphatic carbocycles. The van der Waals surface area contributed by atoms with Crippen LogP contribution in [-0.2, 0) is 22.9 Å². The summed E-state index contributed by atoms with van der Waals surface area (Å²) in [6, 6.07) is 27.9. The molecule has 0 bridgehead atoms. The number of aromatic hydroxyl groups is 2. The van der Waals surface area contributed by atoms with Crippen LogP contribution in [0.1, 0.15) is 22.7 Å². The Morgan fingerprint density at radius 1 is 0.872 bits per heavy atom. The van der Waals surface area contributed by atoms with Gasteiger partial charge in [-0.1, -0.05) is 54.6 Å². The summed E-state index contributed by atoms with van der Waals surface area (Å²) in [4.78, 5) is 4.37. The largest absolute Gasteiger partial charge is 0.504 e. The van der Waals surface area contributed by atoms with Gasteiger partial charge in [-0.2, -0.15) is 0 Å². The van der Waals surface area contributed by atoms with Crippen molar-refractivity contribution in [3.63, 3.8) is 0 Å². The summed E-state index contributed by atoms with van der Waals surface area (Å²) in [5.74, 6) is -0.180. The minimum absolute atomic E-state index is 0.0520. The number of phenolic OH excluding ortho intramolecular Hbond substituents is 2. The molecule has 1 aromatic heterocycles. The zero-order chi connectivity index (χ0) is 27.0. The Morgan fingerprint density at radius 2 is 1.56 bits per heavy atom. The molecule has 6 rings (SSSR count). The maximum absolute atomic E-state index is 12.9. The molecular weight excluding hydrogens is 510 g/mol. The van der Waals surface area contributed by atoms with Gasteiger partial charge in [0.25, 0.3) is 10.0 Å². The highest BCUT2D eigenvalue weighted by Crippen LogP contribution is 2.35. The van der Waals surface area contributed by atoms with Gasteiger partial charge >= 0.3 is 0 Å². The average Bonchev–Trinajstić information content (AvgIpc) is 2.94. The first-order chi connectivity index (χ1) is 18.9. The van der Waals surface area contributed by atoms with Gasteiger partial charge in [0.2, 0.25) is 0 Å². The highest BCUT2D eigenvalue weighted by Gasteiger charge is 2.22. The Kier molecular flexibility index (Phi) is 6.42. The zero-order valence-corrected chi connectivity index (χ0v) is 21.8. The van der Waals surface area contributed by atoms with Gasteiger partial charge in [0.1, 0.15) is 4.90 Å². The van der Waals surface area contributed by atoms with Gasteiger partial charge in [0.15, 0.2) is 11.5 Å². The molecule has 8 heteroatoms. The molecule has 2 heterocycles. The van der Waals surface area contributed by atoms with Crippen molar-refractivity contribution in [3.8, 4) is 22.6 Å². The number of fused-ring (bicyclic) bond motifs is 2. The van der Waals surface area contributed by atoms with Crippen LogP contribution in [0.15, 0.2) is 102 Å².